The lowest BCUT2D eigenvalue weighted by Gasteiger charge is -2.16. The number of nitrogens with zero attached hydrogens (tertiary/aromatic N) is 2. The number of benzene rings is 3. The molecule has 0 saturated carbocycles. The number of aromatic nitrogens is 2. The Kier molecular flexibility index (Phi) is 5.38. The second kappa shape index (κ2) is 8.63. The Morgan fingerprint density at radius 1 is 0.938 bits per heavy atom. The molecule has 5 heteroatoms. The van der Waals surface area contributed by atoms with E-state index >= 15 is 0 Å². The third kappa shape index (κ3) is 4.10. The van der Waals surface area contributed by atoms with Crippen LogP contribution in [-0.2, 0) is 13.0 Å². The summed E-state index contributed by atoms with van der Waals surface area (Å²) in [5, 5.41) is 3.39. The molecule has 0 aliphatic heterocycles. The van der Waals surface area contributed by atoms with Crippen molar-refractivity contribution in [2.45, 2.75) is 26.4 Å². The summed E-state index contributed by atoms with van der Waals surface area (Å²) in [6.45, 7) is 2.46. The van der Waals surface area contributed by atoms with E-state index in [4.69, 9.17) is 4.74 Å². The molecular weight excluding hydrogens is 398 g/mol. The van der Waals surface area contributed by atoms with Crippen LogP contribution in [0.1, 0.15) is 33.5 Å². The zero-order valence-corrected chi connectivity index (χ0v) is 17.8. The largest absolute Gasteiger partial charge is 0.483 e. The second-order valence-electron chi connectivity index (χ2n) is 7.96. The van der Waals surface area contributed by atoms with Crippen molar-refractivity contribution in [3.63, 3.8) is 0 Å². The van der Waals surface area contributed by atoms with Crippen molar-refractivity contribution < 1.29 is 9.53 Å². The number of nitrogens with one attached hydrogen (secondary N) is 1. The third-order valence-corrected chi connectivity index (χ3v) is 5.64. The minimum Gasteiger partial charge on any atom is -0.483 e. The predicted octanol–water partition coefficient (Wildman–Crippen LogP) is 5.90. The Labute approximate surface area is 187 Å². The van der Waals surface area contributed by atoms with Gasteiger partial charge in [-0.15, -0.1) is 0 Å². The molecule has 0 fully saturated rings. The van der Waals surface area contributed by atoms with Crippen LogP contribution in [-0.4, -0.2) is 15.8 Å². The maximum atomic E-state index is 12.0. The first-order valence-electron chi connectivity index (χ1n) is 10.7. The molecule has 1 aliphatic rings. The first-order chi connectivity index (χ1) is 15.7. The Balaban J connectivity index is 1.51. The second-order valence-corrected chi connectivity index (χ2v) is 7.96. The monoisotopic (exact) mass is 421 g/mol. The van der Waals surface area contributed by atoms with E-state index in [1.807, 2.05) is 60.7 Å². The summed E-state index contributed by atoms with van der Waals surface area (Å²) in [5.41, 5.74) is 6.70. The summed E-state index contributed by atoms with van der Waals surface area (Å²) in [5.74, 6) is 1.40. The minimum absolute atomic E-state index is 0.210. The van der Waals surface area contributed by atoms with Crippen molar-refractivity contribution in [3.8, 4) is 17.0 Å². The number of aryl methyl sites for hydroxylation is 2. The number of fused-ring (bicyclic) bond motifs is 1. The molecule has 0 spiro atoms. The predicted molar refractivity (Wildman–Crippen MR) is 125 cm³/mol. The standard InChI is InChI=1S/C27H23N3O2/c1-18-7-9-20(10-8-18)25-26(32-16-19-5-3-2-4-6-19)27(29-17-28-25)30-22-12-13-23-21(15-22)11-14-24(23)31/h2-10,12-13,15,17H,11,14,16H2,1H3,(H,28,29,30). The highest BCUT2D eigenvalue weighted by molar-refractivity contribution is 6.00. The summed E-state index contributed by atoms with van der Waals surface area (Å²) in [4.78, 5) is 21.0. The van der Waals surface area contributed by atoms with Crippen LogP contribution in [0.3, 0.4) is 0 Å². The van der Waals surface area contributed by atoms with Gasteiger partial charge in [0.1, 0.15) is 18.6 Å². The lowest BCUT2D eigenvalue weighted by molar-refractivity contribution is 0.0994. The molecule has 158 valence electrons. The lowest BCUT2D eigenvalue weighted by Crippen LogP contribution is -2.04. The fourth-order valence-electron chi connectivity index (χ4n) is 3.92. The topological polar surface area (TPSA) is 64.1 Å². The number of anilines is 2. The van der Waals surface area contributed by atoms with Crippen molar-refractivity contribution in [2.24, 2.45) is 0 Å². The van der Waals surface area contributed by atoms with Gasteiger partial charge < -0.3 is 10.1 Å². The number of ketones is 1. The Hall–Kier alpha value is -3.99. The van der Waals surface area contributed by atoms with Crippen molar-refractivity contribution in [1.82, 2.24) is 9.97 Å². The zero-order valence-electron chi connectivity index (χ0n) is 17.8. The summed E-state index contributed by atoms with van der Waals surface area (Å²) in [7, 11) is 0. The summed E-state index contributed by atoms with van der Waals surface area (Å²) in [6, 6.07) is 24.0. The van der Waals surface area contributed by atoms with Crippen molar-refractivity contribution in [3.05, 3.63) is 101 Å². The fraction of sp³-hybridized carbons (Fsp3) is 0.148. The Morgan fingerprint density at radius 2 is 1.75 bits per heavy atom. The summed E-state index contributed by atoms with van der Waals surface area (Å²) in [6.07, 6.45) is 2.90. The Morgan fingerprint density at radius 3 is 2.56 bits per heavy atom. The molecule has 1 aromatic heterocycles. The lowest BCUT2D eigenvalue weighted by atomic mass is 10.1. The SMILES string of the molecule is Cc1ccc(-c2ncnc(Nc3ccc4c(c3)CCC4=O)c2OCc2ccccc2)cc1. The van der Waals surface area contributed by atoms with Crippen LogP contribution in [0.4, 0.5) is 11.5 Å². The minimum atomic E-state index is 0.210. The van der Waals surface area contributed by atoms with Gasteiger partial charge in [-0.1, -0.05) is 60.2 Å². The molecule has 4 aromatic rings. The van der Waals surface area contributed by atoms with Gasteiger partial charge in [0, 0.05) is 23.2 Å². The molecule has 0 bridgehead atoms. The van der Waals surface area contributed by atoms with E-state index in [9.17, 15) is 4.79 Å². The van der Waals surface area contributed by atoms with Crippen LogP contribution in [0, 0.1) is 6.92 Å². The molecule has 3 aromatic carbocycles. The van der Waals surface area contributed by atoms with E-state index < -0.39 is 0 Å². The van der Waals surface area contributed by atoms with E-state index in [0.717, 1.165) is 40.1 Å². The van der Waals surface area contributed by atoms with Gasteiger partial charge in [0.15, 0.2) is 17.4 Å². The molecule has 5 nitrogen and oxygen atoms in total. The third-order valence-electron chi connectivity index (χ3n) is 5.64. The van der Waals surface area contributed by atoms with Crippen LogP contribution < -0.4 is 10.1 Å². The average molecular weight is 422 g/mol. The van der Waals surface area contributed by atoms with Crippen molar-refractivity contribution in [2.75, 3.05) is 5.32 Å². The molecule has 1 N–H and O–H groups in total. The normalized spacial score (nSPS) is 12.5. The first kappa shape index (κ1) is 19.9. The van der Waals surface area contributed by atoms with E-state index in [0.29, 0.717) is 24.6 Å². The molecule has 0 saturated heterocycles. The van der Waals surface area contributed by atoms with E-state index in [1.165, 1.54) is 5.56 Å². The smallest absolute Gasteiger partial charge is 0.188 e. The molecule has 1 heterocycles. The number of Topliss-reactive ketones (excluding diaryl/α,β-unsaturated/α-hetero) is 1. The average Bonchev–Trinajstić information content (AvgIpc) is 3.19. The first-order valence-corrected chi connectivity index (χ1v) is 10.7. The number of hydrogen-bond acceptors (Lipinski definition) is 5. The Bertz CT molecular complexity index is 1270. The molecular formula is C27H23N3O2. The highest BCUT2D eigenvalue weighted by atomic mass is 16.5. The number of ether oxygens (including phenoxy) is 1. The molecule has 0 unspecified atom stereocenters. The van der Waals surface area contributed by atoms with Gasteiger partial charge in [-0.3, -0.25) is 4.79 Å². The molecule has 5 rings (SSSR count). The van der Waals surface area contributed by atoms with Gasteiger partial charge in [-0.05, 0) is 42.7 Å². The summed E-state index contributed by atoms with van der Waals surface area (Å²) < 4.78 is 6.28. The number of rotatable bonds is 6. The van der Waals surface area contributed by atoms with Crippen molar-refractivity contribution >= 4 is 17.3 Å². The molecule has 0 radical (unpaired) electrons. The quantitative estimate of drug-likeness (QED) is 0.420. The molecule has 32 heavy (non-hydrogen) atoms. The number of carbonyl (C=O) groups excluding carboxylic acids is 1. The highest BCUT2D eigenvalue weighted by Crippen LogP contribution is 2.36. The van der Waals surface area contributed by atoms with E-state index in [2.05, 4.69) is 34.3 Å². The maximum Gasteiger partial charge on any atom is 0.188 e. The fourth-order valence-corrected chi connectivity index (χ4v) is 3.92. The van der Waals surface area contributed by atoms with Gasteiger partial charge in [0.25, 0.3) is 0 Å². The molecule has 1 aliphatic carbocycles. The van der Waals surface area contributed by atoms with Crippen LogP contribution in [0.2, 0.25) is 0 Å². The zero-order chi connectivity index (χ0) is 21.9. The number of carbonyl (C=O) groups is 1. The van der Waals surface area contributed by atoms with Gasteiger partial charge in [-0.25, -0.2) is 9.97 Å². The van der Waals surface area contributed by atoms with Crippen molar-refractivity contribution in [1.29, 1.82) is 0 Å². The number of hydrogen-bond donors (Lipinski definition) is 1. The van der Waals surface area contributed by atoms with E-state index in [-0.39, 0.29) is 5.78 Å². The van der Waals surface area contributed by atoms with Crippen LogP contribution in [0.5, 0.6) is 5.75 Å². The van der Waals surface area contributed by atoms with Crippen LogP contribution in [0.25, 0.3) is 11.3 Å². The summed E-state index contributed by atoms with van der Waals surface area (Å²) >= 11 is 0. The van der Waals surface area contributed by atoms with Gasteiger partial charge in [0.2, 0.25) is 0 Å². The van der Waals surface area contributed by atoms with Crippen LogP contribution >= 0.6 is 0 Å². The van der Waals surface area contributed by atoms with E-state index in [1.54, 1.807) is 6.33 Å². The molecule has 0 atom stereocenters. The maximum absolute atomic E-state index is 12.0. The van der Waals surface area contributed by atoms with Gasteiger partial charge in [0.05, 0.1) is 0 Å². The molecule has 0 amide bonds. The van der Waals surface area contributed by atoms with Crippen LogP contribution in [0.15, 0.2) is 79.1 Å². The van der Waals surface area contributed by atoms with Gasteiger partial charge in [-0.2, -0.15) is 0 Å². The van der Waals surface area contributed by atoms with Gasteiger partial charge >= 0.3 is 0 Å². The highest BCUT2D eigenvalue weighted by Gasteiger charge is 2.20.